The summed E-state index contributed by atoms with van der Waals surface area (Å²) in [5.74, 6) is 1.72. The second-order valence-electron chi connectivity index (χ2n) is 23.2. The van der Waals surface area contributed by atoms with Crippen LogP contribution >= 0.6 is 0 Å². The van der Waals surface area contributed by atoms with Gasteiger partial charge in [0, 0.05) is 19.3 Å². The minimum Gasteiger partial charge on any atom is -0.462 e. The second kappa shape index (κ2) is 55.2. The molecular formula is C64H124O6. The lowest BCUT2D eigenvalue weighted by molar-refractivity contribution is -0.167. The predicted octanol–water partition coefficient (Wildman–Crippen LogP) is 21.1. The topological polar surface area (TPSA) is 78.9 Å². The van der Waals surface area contributed by atoms with Crippen molar-refractivity contribution in [3.8, 4) is 0 Å². The van der Waals surface area contributed by atoms with Gasteiger partial charge in [-0.15, -0.1) is 0 Å². The molecule has 0 aromatic carbocycles. The minimum absolute atomic E-state index is 0.0632. The van der Waals surface area contributed by atoms with Crippen LogP contribution in [0.1, 0.15) is 356 Å². The van der Waals surface area contributed by atoms with Crippen molar-refractivity contribution >= 4 is 17.9 Å². The van der Waals surface area contributed by atoms with Gasteiger partial charge in [0.15, 0.2) is 6.10 Å². The third-order valence-electron chi connectivity index (χ3n) is 15.0. The summed E-state index contributed by atoms with van der Waals surface area (Å²) in [7, 11) is 0. The van der Waals surface area contributed by atoms with Gasteiger partial charge in [0.05, 0.1) is 0 Å². The number of hydrogen-bond acceptors (Lipinski definition) is 6. The van der Waals surface area contributed by atoms with Crippen LogP contribution in [-0.2, 0) is 28.6 Å². The van der Waals surface area contributed by atoms with Crippen LogP contribution in [0.4, 0.5) is 0 Å². The Hall–Kier alpha value is -1.59. The number of carbonyl (C=O) groups excluding carboxylic acids is 3. The van der Waals surface area contributed by atoms with Crippen molar-refractivity contribution in [2.24, 2.45) is 17.8 Å². The van der Waals surface area contributed by atoms with E-state index in [9.17, 15) is 14.4 Å². The molecule has 70 heavy (non-hydrogen) atoms. The lowest BCUT2D eigenvalue weighted by atomic mass is 9.99. The van der Waals surface area contributed by atoms with Gasteiger partial charge in [0.2, 0.25) is 0 Å². The van der Waals surface area contributed by atoms with E-state index in [4.69, 9.17) is 14.2 Å². The van der Waals surface area contributed by atoms with E-state index < -0.39 is 6.10 Å². The average molecular weight is 990 g/mol. The molecule has 0 aliphatic heterocycles. The highest BCUT2D eigenvalue weighted by molar-refractivity contribution is 5.71. The van der Waals surface area contributed by atoms with Crippen molar-refractivity contribution in [3.05, 3.63) is 0 Å². The smallest absolute Gasteiger partial charge is 0.306 e. The van der Waals surface area contributed by atoms with E-state index in [1.807, 2.05) is 0 Å². The summed E-state index contributed by atoms with van der Waals surface area (Å²) in [6.45, 7) is 13.8. The molecule has 0 bridgehead atoms. The van der Waals surface area contributed by atoms with Gasteiger partial charge in [-0.25, -0.2) is 0 Å². The quantitative estimate of drug-likeness (QED) is 0.0343. The van der Waals surface area contributed by atoms with Crippen molar-refractivity contribution in [3.63, 3.8) is 0 Å². The first-order valence-corrected chi connectivity index (χ1v) is 31.6. The van der Waals surface area contributed by atoms with Crippen LogP contribution in [0.3, 0.4) is 0 Å². The summed E-state index contributed by atoms with van der Waals surface area (Å²) in [5, 5.41) is 0. The lowest BCUT2D eigenvalue weighted by Crippen LogP contribution is -2.30. The zero-order valence-corrected chi connectivity index (χ0v) is 48.3. The number of esters is 3. The monoisotopic (exact) mass is 989 g/mol. The molecule has 0 spiro atoms. The van der Waals surface area contributed by atoms with Crippen LogP contribution in [0.15, 0.2) is 0 Å². The van der Waals surface area contributed by atoms with Crippen LogP contribution in [-0.4, -0.2) is 37.2 Å². The number of ether oxygens (including phenoxy) is 3. The maximum absolute atomic E-state index is 12.9. The maximum atomic E-state index is 12.9. The van der Waals surface area contributed by atoms with Gasteiger partial charge in [-0.3, -0.25) is 14.4 Å². The van der Waals surface area contributed by atoms with E-state index in [-0.39, 0.29) is 31.1 Å². The second-order valence-corrected chi connectivity index (χ2v) is 23.2. The highest BCUT2D eigenvalue weighted by Gasteiger charge is 2.19. The maximum Gasteiger partial charge on any atom is 0.306 e. The Balaban J connectivity index is 4.22. The van der Waals surface area contributed by atoms with Gasteiger partial charge in [0.1, 0.15) is 13.2 Å². The molecule has 0 amide bonds. The first-order valence-electron chi connectivity index (χ1n) is 31.6. The molecule has 416 valence electrons. The van der Waals surface area contributed by atoms with E-state index in [2.05, 4.69) is 41.5 Å². The van der Waals surface area contributed by atoms with Gasteiger partial charge in [0.25, 0.3) is 0 Å². The summed E-state index contributed by atoms with van der Waals surface area (Å²) < 4.78 is 16.9. The molecule has 2 atom stereocenters. The van der Waals surface area contributed by atoms with Crippen LogP contribution in [0.2, 0.25) is 0 Å². The lowest BCUT2D eigenvalue weighted by Gasteiger charge is -2.18. The molecule has 0 saturated carbocycles. The molecule has 0 saturated heterocycles. The first-order chi connectivity index (χ1) is 34.1. The standard InChI is InChI=1S/C64H124O6/c1-7-60(6)52-46-40-34-27-23-19-15-10-8-9-11-17-21-25-29-37-43-49-55-64(67)70-61(57-69-63(66)54-48-42-36-31-30-33-39-45-51-59(4)5)56-68-62(65)53-47-41-35-28-24-20-16-13-12-14-18-22-26-32-38-44-50-58(2)3/h58-61H,7-57H2,1-6H3/t60?,61-/m1/s1. The zero-order valence-electron chi connectivity index (χ0n) is 48.3. The number of carbonyl (C=O) groups is 3. The van der Waals surface area contributed by atoms with Crippen molar-refractivity contribution in [2.45, 2.75) is 362 Å². The summed E-state index contributed by atoms with van der Waals surface area (Å²) in [6, 6.07) is 0. The van der Waals surface area contributed by atoms with E-state index in [1.165, 1.54) is 238 Å². The number of unbranched alkanes of at least 4 members (excludes halogenated alkanes) is 39. The average Bonchev–Trinajstić information content (AvgIpc) is 3.33. The molecule has 0 heterocycles. The summed E-state index contributed by atoms with van der Waals surface area (Å²) in [4.78, 5) is 38.2. The Kier molecular flexibility index (Phi) is 53.9. The van der Waals surface area contributed by atoms with E-state index in [0.717, 1.165) is 75.5 Å². The Morgan fingerprint density at radius 2 is 0.500 bits per heavy atom. The third kappa shape index (κ3) is 55.7. The van der Waals surface area contributed by atoms with E-state index >= 15 is 0 Å². The van der Waals surface area contributed by atoms with Crippen LogP contribution < -0.4 is 0 Å². The minimum atomic E-state index is -0.764. The molecule has 1 unspecified atom stereocenters. The fourth-order valence-electron chi connectivity index (χ4n) is 9.85. The fraction of sp³-hybridized carbons (Fsp3) is 0.953. The summed E-state index contributed by atoms with van der Waals surface area (Å²) >= 11 is 0. The Morgan fingerprint density at radius 3 is 0.743 bits per heavy atom. The molecule has 6 nitrogen and oxygen atoms in total. The predicted molar refractivity (Wildman–Crippen MR) is 303 cm³/mol. The number of hydrogen-bond donors (Lipinski definition) is 0. The van der Waals surface area contributed by atoms with Crippen LogP contribution in [0.5, 0.6) is 0 Å². The van der Waals surface area contributed by atoms with E-state index in [0.29, 0.717) is 19.3 Å². The molecule has 0 rings (SSSR count). The highest BCUT2D eigenvalue weighted by Crippen LogP contribution is 2.19. The highest BCUT2D eigenvalue weighted by atomic mass is 16.6. The van der Waals surface area contributed by atoms with Gasteiger partial charge >= 0.3 is 17.9 Å². The normalized spacial score (nSPS) is 12.5. The Labute approximate surface area is 438 Å². The van der Waals surface area contributed by atoms with Crippen molar-refractivity contribution in [1.82, 2.24) is 0 Å². The molecule has 0 aliphatic carbocycles. The molecule has 0 radical (unpaired) electrons. The Morgan fingerprint density at radius 1 is 0.286 bits per heavy atom. The molecule has 0 aromatic rings. The van der Waals surface area contributed by atoms with Gasteiger partial charge in [-0.2, -0.15) is 0 Å². The van der Waals surface area contributed by atoms with Gasteiger partial charge in [-0.05, 0) is 37.0 Å². The third-order valence-corrected chi connectivity index (χ3v) is 15.0. The fourth-order valence-corrected chi connectivity index (χ4v) is 9.85. The van der Waals surface area contributed by atoms with Crippen LogP contribution in [0.25, 0.3) is 0 Å². The molecule has 0 aromatic heterocycles. The van der Waals surface area contributed by atoms with E-state index in [1.54, 1.807) is 0 Å². The van der Waals surface area contributed by atoms with Crippen molar-refractivity contribution in [1.29, 1.82) is 0 Å². The molecule has 6 heteroatoms. The van der Waals surface area contributed by atoms with Gasteiger partial charge in [-0.1, -0.05) is 318 Å². The van der Waals surface area contributed by atoms with Crippen molar-refractivity contribution in [2.75, 3.05) is 13.2 Å². The SMILES string of the molecule is CCC(C)CCCCCCCCCCCCCCCCCCCCC(=O)O[C@H](COC(=O)CCCCCCCCCCCCCCCCCCC(C)C)COC(=O)CCCCCCCCCCC(C)C. The zero-order chi connectivity index (χ0) is 51.2. The first kappa shape index (κ1) is 68.4. The molecule has 0 aliphatic rings. The van der Waals surface area contributed by atoms with Gasteiger partial charge < -0.3 is 14.2 Å². The number of rotatable bonds is 57. The van der Waals surface area contributed by atoms with Crippen LogP contribution in [0, 0.1) is 17.8 Å². The summed E-state index contributed by atoms with van der Waals surface area (Å²) in [6.07, 6.45) is 59.7. The summed E-state index contributed by atoms with van der Waals surface area (Å²) in [5.41, 5.74) is 0. The molecular weight excluding hydrogens is 865 g/mol. The van der Waals surface area contributed by atoms with Crippen molar-refractivity contribution < 1.29 is 28.6 Å². The molecule has 0 N–H and O–H groups in total. The molecule has 0 fully saturated rings. The largest absolute Gasteiger partial charge is 0.462 e. The Bertz CT molecular complexity index is 1090.